The van der Waals surface area contributed by atoms with E-state index in [2.05, 4.69) is 11.4 Å². The number of nitrogens with zero attached hydrogens (tertiary/aromatic N) is 2. The third kappa shape index (κ3) is 6.92. The van der Waals surface area contributed by atoms with Gasteiger partial charge < -0.3 is 20.7 Å². The Labute approximate surface area is 206 Å². The molecule has 0 aliphatic carbocycles. The van der Waals surface area contributed by atoms with Gasteiger partial charge in [-0.1, -0.05) is 32.0 Å². The van der Waals surface area contributed by atoms with Crippen molar-refractivity contribution in [3.05, 3.63) is 95.1 Å². The van der Waals surface area contributed by atoms with Crippen LogP contribution in [0.2, 0.25) is 0 Å². The van der Waals surface area contributed by atoms with E-state index in [0.29, 0.717) is 47.8 Å². The first-order valence-corrected chi connectivity index (χ1v) is 11.3. The molecule has 0 aliphatic heterocycles. The van der Waals surface area contributed by atoms with Crippen molar-refractivity contribution in [2.75, 3.05) is 25.5 Å². The number of nitrogens with one attached hydrogen (secondary N) is 1. The Balaban J connectivity index is 1.75. The second-order valence-corrected chi connectivity index (χ2v) is 9.10. The molecule has 0 atom stereocenters. The van der Waals surface area contributed by atoms with Gasteiger partial charge in [0.2, 0.25) is 0 Å². The van der Waals surface area contributed by atoms with Gasteiger partial charge >= 0.3 is 0 Å². The summed E-state index contributed by atoms with van der Waals surface area (Å²) < 4.78 is 5.18. The van der Waals surface area contributed by atoms with Crippen LogP contribution in [0.1, 0.15) is 45.7 Å². The zero-order chi connectivity index (χ0) is 25.4. The highest BCUT2D eigenvalue weighted by Gasteiger charge is 2.25. The van der Waals surface area contributed by atoms with Crippen LogP contribution in [0.3, 0.4) is 0 Å². The van der Waals surface area contributed by atoms with Gasteiger partial charge in [0.25, 0.3) is 11.8 Å². The van der Waals surface area contributed by atoms with E-state index in [9.17, 15) is 9.59 Å². The van der Waals surface area contributed by atoms with Gasteiger partial charge in [0.1, 0.15) is 5.75 Å². The number of carbonyl (C=O) groups is 2. The molecule has 0 fully saturated rings. The molecule has 0 saturated carbocycles. The average Bonchev–Trinajstić information content (AvgIpc) is 2.89. The lowest BCUT2D eigenvalue weighted by Gasteiger charge is -2.32. The van der Waals surface area contributed by atoms with Gasteiger partial charge in [0.15, 0.2) is 0 Å². The Morgan fingerprint density at radius 1 is 1.03 bits per heavy atom. The van der Waals surface area contributed by atoms with Crippen molar-refractivity contribution in [1.29, 1.82) is 5.26 Å². The zero-order valence-electron chi connectivity index (χ0n) is 20.2. The summed E-state index contributed by atoms with van der Waals surface area (Å²) in [6.45, 7) is 5.31. The summed E-state index contributed by atoms with van der Waals surface area (Å²) in [4.78, 5) is 27.6. The van der Waals surface area contributed by atoms with Crippen molar-refractivity contribution in [1.82, 2.24) is 4.90 Å². The summed E-state index contributed by atoms with van der Waals surface area (Å²) in [7, 11) is 1.56. The fourth-order valence-electron chi connectivity index (χ4n) is 3.53. The van der Waals surface area contributed by atoms with Gasteiger partial charge in [-0.25, -0.2) is 0 Å². The van der Waals surface area contributed by atoms with E-state index in [-0.39, 0.29) is 17.2 Å². The molecular weight excluding hydrogens is 440 g/mol. The van der Waals surface area contributed by atoms with Crippen molar-refractivity contribution in [3.63, 3.8) is 0 Å². The van der Waals surface area contributed by atoms with E-state index in [0.717, 1.165) is 5.56 Å². The average molecular weight is 471 g/mol. The lowest BCUT2D eigenvalue weighted by molar-refractivity contribution is 0.0673. The van der Waals surface area contributed by atoms with Crippen LogP contribution < -0.4 is 15.8 Å². The molecule has 0 spiro atoms. The van der Waals surface area contributed by atoms with Gasteiger partial charge in [-0.05, 0) is 72.1 Å². The van der Waals surface area contributed by atoms with Crippen LogP contribution in [0, 0.1) is 16.7 Å². The summed E-state index contributed by atoms with van der Waals surface area (Å²) in [6, 6.07) is 23.0. The van der Waals surface area contributed by atoms with Gasteiger partial charge in [-0.15, -0.1) is 0 Å². The predicted molar refractivity (Wildman–Crippen MR) is 136 cm³/mol. The van der Waals surface area contributed by atoms with Gasteiger partial charge in [-0.2, -0.15) is 5.26 Å². The van der Waals surface area contributed by atoms with Crippen LogP contribution in [0.4, 0.5) is 5.69 Å². The van der Waals surface area contributed by atoms with Crippen LogP contribution in [0.15, 0.2) is 72.8 Å². The first-order chi connectivity index (χ1) is 16.7. The minimum atomic E-state index is -0.271. The maximum atomic E-state index is 13.3. The number of carbonyl (C=O) groups excluding carboxylic acids is 2. The van der Waals surface area contributed by atoms with Gasteiger partial charge in [0.05, 0.1) is 18.7 Å². The molecule has 7 heteroatoms. The van der Waals surface area contributed by atoms with E-state index >= 15 is 0 Å². The molecule has 7 nitrogen and oxygen atoms in total. The highest BCUT2D eigenvalue weighted by molar-refractivity contribution is 6.04. The van der Waals surface area contributed by atoms with Crippen LogP contribution in [0.5, 0.6) is 5.75 Å². The fraction of sp³-hybridized carbons (Fsp3) is 0.250. The molecule has 2 amide bonds. The fourth-order valence-corrected chi connectivity index (χ4v) is 3.53. The maximum absolute atomic E-state index is 13.3. The van der Waals surface area contributed by atoms with Crippen LogP contribution in [0.25, 0.3) is 0 Å². The number of methoxy groups -OCH3 is 1. The number of hydrogen-bond donors (Lipinski definition) is 2. The van der Waals surface area contributed by atoms with E-state index in [4.69, 9.17) is 15.7 Å². The first kappa shape index (κ1) is 25.5. The molecular formula is C28H30N4O3. The van der Waals surface area contributed by atoms with Gasteiger partial charge in [-0.3, -0.25) is 9.59 Å². The minimum Gasteiger partial charge on any atom is -0.497 e. The predicted octanol–water partition coefficient (Wildman–Crippen LogP) is 4.45. The van der Waals surface area contributed by atoms with Crippen molar-refractivity contribution in [2.45, 2.75) is 20.4 Å². The molecule has 0 aliphatic rings. The van der Waals surface area contributed by atoms with Crippen LogP contribution >= 0.6 is 0 Å². The van der Waals surface area contributed by atoms with Crippen molar-refractivity contribution < 1.29 is 14.3 Å². The van der Waals surface area contributed by atoms with E-state index in [1.54, 1.807) is 60.5 Å². The normalized spacial score (nSPS) is 10.8. The van der Waals surface area contributed by atoms with E-state index < -0.39 is 0 Å². The van der Waals surface area contributed by atoms with Crippen molar-refractivity contribution in [2.24, 2.45) is 11.1 Å². The molecule has 180 valence electrons. The SMILES string of the molecule is COc1cccc(C(=O)Nc2ccc(CN(CC(C)(C)CN)C(=O)c3ccc(C#N)cc3)cc2)c1. The molecule has 0 unspecified atom stereocenters. The van der Waals surface area contributed by atoms with Crippen molar-refractivity contribution in [3.8, 4) is 11.8 Å². The molecule has 0 saturated heterocycles. The topological polar surface area (TPSA) is 108 Å². The highest BCUT2D eigenvalue weighted by Crippen LogP contribution is 2.21. The lowest BCUT2D eigenvalue weighted by atomic mass is 9.92. The monoisotopic (exact) mass is 470 g/mol. The number of amides is 2. The summed E-state index contributed by atoms with van der Waals surface area (Å²) in [5, 5.41) is 11.9. The molecule has 3 rings (SSSR count). The highest BCUT2D eigenvalue weighted by atomic mass is 16.5. The van der Waals surface area contributed by atoms with Crippen molar-refractivity contribution >= 4 is 17.5 Å². The Hall–Kier alpha value is -4.15. The molecule has 0 heterocycles. The number of benzene rings is 3. The summed E-state index contributed by atoms with van der Waals surface area (Å²) in [6.07, 6.45) is 0. The van der Waals surface area contributed by atoms with E-state index in [1.165, 1.54) is 0 Å². The summed E-state index contributed by atoms with van der Waals surface area (Å²) in [5.41, 5.74) is 8.74. The zero-order valence-corrected chi connectivity index (χ0v) is 20.2. The first-order valence-electron chi connectivity index (χ1n) is 11.3. The molecule has 3 N–H and O–H groups in total. The molecule has 0 aromatic heterocycles. The Bertz CT molecular complexity index is 1210. The summed E-state index contributed by atoms with van der Waals surface area (Å²) >= 11 is 0. The lowest BCUT2D eigenvalue weighted by Crippen LogP contribution is -2.41. The Morgan fingerprint density at radius 2 is 1.71 bits per heavy atom. The largest absolute Gasteiger partial charge is 0.497 e. The molecule has 3 aromatic carbocycles. The third-order valence-electron chi connectivity index (χ3n) is 5.64. The van der Waals surface area contributed by atoms with E-state index in [1.807, 2.05) is 38.1 Å². The number of nitriles is 1. The molecule has 35 heavy (non-hydrogen) atoms. The van der Waals surface area contributed by atoms with Crippen LogP contribution in [-0.2, 0) is 6.54 Å². The molecule has 3 aromatic rings. The van der Waals surface area contributed by atoms with Gasteiger partial charge in [0, 0.05) is 29.9 Å². The Kier molecular flexibility index (Phi) is 8.24. The standard InChI is InChI=1S/C28H30N4O3/c1-28(2,18-30)19-32(27(34)22-11-7-20(16-29)8-12-22)17-21-9-13-24(14-10-21)31-26(33)23-5-4-6-25(15-23)35-3/h4-15H,17-19,30H2,1-3H3,(H,31,33). The second-order valence-electron chi connectivity index (χ2n) is 9.10. The number of ether oxygens (including phenoxy) is 1. The number of hydrogen-bond acceptors (Lipinski definition) is 5. The smallest absolute Gasteiger partial charge is 0.255 e. The molecule has 0 bridgehead atoms. The second kappa shape index (κ2) is 11.3. The number of anilines is 1. The Morgan fingerprint density at radius 3 is 2.31 bits per heavy atom. The molecule has 0 radical (unpaired) electrons. The summed E-state index contributed by atoms with van der Waals surface area (Å²) in [5.74, 6) is 0.241. The maximum Gasteiger partial charge on any atom is 0.255 e. The number of nitrogens with two attached hydrogens (primary N) is 1. The minimum absolute atomic E-state index is 0.133. The number of rotatable bonds is 9. The van der Waals surface area contributed by atoms with Crippen LogP contribution in [-0.4, -0.2) is 36.9 Å². The third-order valence-corrected chi connectivity index (χ3v) is 5.64. The quantitative estimate of drug-likeness (QED) is 0.480.